The summed E-state index contributed by atoms with van der Waals surface area (Å²) in [6, 6.07) is 12.5. The lowest BCUT2D eigenvalue weighted by Gasteiger charge is -2.21. The van der Waals surface area contributed by atoms with Gasteiger partial charge < -0.3 is 9.47 Å². The van der Waals surface area contributed by atoms with Crippen molar-refractivity contribution in [3.05, 3.63) is 54.7 Å². The molecule has 124 valence electrons. The third-order valence-corrected chi connectivity index (χ3v) is 5.18. The van der Waals surface area contributed by atoms with Crippen LogP contribution in [0.5, 0.6) is 11.5 Å². The quantitative estimate of drug-likeness (QED) is 0.414. The monoisotopic (exact) mass is 536 g/mol. The second kappa shape index (κ2) is 8.55. The number of hydrogen-bond acceptors (Lipinski definition) is 2. The molecule has 2 rings (SSSR count). The Hall–Kier alpha value is -0.500. The molecular formula is C19H22I2O2. The zero-order valence-corrected chi connectivity index (χ0v) is 18.2. The minimum atomic E-state index is 0.101. The van der Waals surface area contributed by atoms with Gasteiger partial charge in [-0.2, -0.15) is 0 Å². The van der Waals surface area contributed by atoms with Gasteiger partial charge in [-0.3, -0.25) is 0 Å². The highest BCUT2D eigenvalue weighted by atomic mass is 127. The number of benzene rings is 2. The summed E-state index contributed by atoms with van der Waals surface area (Å²) in [7, 11) is 0. The van der Waals surface area contributed by atoms with Gasteiger partial charge in [-0.05, 0) is 108 Å². The Kier molecular flexibility index (Phi) is 7.00. The Morgan fingerprint density at radius 2 is 1.17 bits per heavy atom. The van der Waals surface area contributed by atoms with E-state index in [9.17, 15) is 0 Å². The van der Waals surface area contributed by atoms with Crippen LogP contribution in [-0.4, -0.2) is 12.2 Å². The van der Waals surface area contributed by atoms with Crippen molar-refractivity contribution in [3.8, 4) is 11.5 Å². The Morgan fingerprint density at radius 3 is 1.52 bits per heavy atom. The Bertz CT molecular complexity index is 613. The van der Waals surface area contributed by atoms with Crippen molar-refractivity contribution in [1.29, 1.82) is 0 Å². The second-order valence-corrected chi connectivity index (χ2v) is 8.28. The van der Waals surface area contributed by atoms with Crippen molar-refractivity contribution in [1.82, 2.24) is 0 Å². The molecule has 0 bridgehead atoms. The molecular weight excluding hydrogens is 514 g/mol. The summed E-state index contributed by atoms with van der Waals surface area (Å²) in [5.41, 5.74) is 2.50. The van der Waals surface area contributed by atoms with Gasteiger partial charge in [0, 0.05) is 6.42 Å². The average molecular weight is 536 g/mol. The number of ether oxygens (including phenoxy) is 2. The molecule has 2 aromatic carbocycles. The summed E-state index contributed by atoms with van der Waals surface area (Å²) in [5.74, 6) is 1.89. The first-order valence-corrected chi connectivity index (χ1v) is 9.86. The van der Waals surface area contributed by atoms with Gasteiger partial charge in [0.05, 0.1) is 19.3 Å². The van der Waals surface area contributed by atoms with Crippen molar-refractivity contribution in [2.24, 2.45) is 0 Å². The minimum absolute atomic E-state index is 0.101. The molecule has 2 atom stereocenters. The fraction of sp³-hybridized carbons (Fsp3) is 0.368. The topological polar surface area (TPSA) is 18.5 Å². The average Bonchev–Trinajstić information content (AvgIpc) is 2.45. The Labute approximate surface area is 166 Å². The molecule has 0 aliphatic carbocycles. The molecule has 4 heteroatoms. The van der Waals surface area contributed by atoms with Crippen LogP contribution in [0, 0.1) is 21.0 Å². The van der Waals surface area contributed by atoms with Crippen molar-refractivity contribution < 1.29 is 9.47 Å². The molecule has 2 nitrogen and oxygen atoms in total. The molecule has 0 aliphatic heterocycles. The van der Waals surface area contributed by atoms with Gasteiger partial charge in [-0.1, -0.05) is 12.1 Å². The molecule has 23 heavy (non-hydrogen) atoms. The summed E-state index contributed by atoms with van der Waals surface area (Å²) >= 11 is 4.64. The van der Waals surface area contributed by atoms with Gasteiger partial charge in [0.25, 0.3) is 0 Å². The molecule has 0 aliphatic rings. The smallest absolute Gasteiger partial charge is 0.133 e. The van der Waals surface area contributed by atoms with Crippen LogP contribution in [0.15, 0.2) is 36.4 Å². The lowest BCUT2D eigenvalue weighted by Crippen LogP contribution is -2.23. The highest BCUT2D eigenvalue weighted by molar-refractivity contribution is 14.1. The third kappa shape index (κ3) is 5.81. The molecule has 0 unspecified atom stereocenters. The first kappa shape index (κ1) is 18.8. The predicted molar refractivity (Wildman–Crippen MR) is 113 cm³/mol. The van der Waals surface area contributed by atoms with E-state index in [1.807, 2.05) is 12.1 Å². The lowest BCUT2D eigenvalue weighted by atomic mass is 10.2. The maximum Gasteiger partial charge on any atom is 0.133 e. The molecule has 0 N–H and O–H groups in total. The summed E-state index contributed by atoms with van der Waals surface area (Å²) in [4.78, 5) is 0. The first-order valence-electron chi connectivity index (χ1n) is 7.70. The van der Waals surface area contributed by atoms with Crippen molar-refractivity contribution in [3.63, 3.8) is 0 Å². The van der Waals surface area contributed by atoms with E-state index in [1.165, 1.54) is 11.1 Å². The van der Waals surface area contributed by atoms with Gasteiger partial charge in [0.1, 0.15) is 11.5 Å². The Balaban J connectivity index is 1.92. The predicted octanol–water partition coefficient (Wildman–Crippen LogP) is 6.14. The standard InChI is InChI=1S/C19H22I2O2/c1-12-5-7-18(16(20)9-12)22-14(3)11-15(4)23-19-8-6-13(2)10-17(19)21/h5-10,14-15H,11H2,1-4H3/t14-,15+. The highest BCUT2D eigenvalue weighted by Gasteiger charge is 2.14. The minimum Gasteiger partial charge on any atom is -0.489 e. The molecule has 0 heterocycles. The first-order chi connectivity index (χ1) is 10.8. The number of rotatable bonds is 6. The highest BCUT2D eigenvalue weighted by Crippen LogP contribution is 2.26. The fourth-order valence-electron chi connectivity index (χ4n) is 2.40. The van der Waals surface area contributed by atoms with Crippen LogP contribution in [0.4, 0.5) is 0 Å². The normalized spacial score (nSPS) is 13.5. The molecule has 0 aromatic heterocycles. The van der Waals surface area contributed by atoms with Gasteiger partial charge in [-0.15, -0.1) is 0 Å². The van der Waals surface area contributed by atoms with Crippen LogP contribution in [0.1, 0.15) is 31.4 Å². The maximum absolute atomic E-state index is 6.07. The van der Waals surface area contributed by atoms with Crippen molar-refractivity contribution in [2.45, 2.75) is 46.3 Å². The van der Waals surface area contributed by atoms with Crippen molar-refractivity contribution >= 4 is 45.2 Å². The zero-order chi connectivity index (χ0) is 17.0. The fourth-order valence-corrected chi connectivity index (χ4v) is 4.00. The summed E-state index contributed by atoms with van der Waals surface area (Å²) in [6.45, 7) is 8.37. The zero-order valence-electron chi connectivity index (χ0n) is 13.9. The van der Waals surface area contributed by atoms with Crippen LogP contribution in [0.3, 0.4) is 0 Å². The third-order valence-electron chi connectivity index (χ3n) is 3.49. The second-order valence-electron chi connectivity index (χ2n) is 5.96. The molecule has 0 saturated carbocycles. The van der Waals surface area contributed by atoms with Crippen molar-refractivity contribution in [2.75, 3.05) is 0 Å². The van der Waals surface area contributed by atoms with E-state index in [1.54, 1.807) is 0 Å². The molecule has 0 radical (unpaired) electrons. The number of halogens is 2. The van der Waals surface area contributed by atoms with Gasteiger partial charge in [0.15, 0.2) is 0 Å². The lowest BCUT2D eigenvalue weighted by molar-refractivity contribution is 0.129. The van der Waals surface area contributed by atoms with E-state index in [0.29, 0.717) is 0 Å². The largest absolute Gasteiger partial charge is 0.489 e. The number of hydrogen-bond donors (Lipinski definition) is 0. The van der Waals surface area contributed by atoms with E-state index in [2.05, 4.69) is 97.1 Å². The summed E-state index contributed by atoms with van der Waals surface area (Å²) in [6.07, 6.45) is 1.04. The van der Waals surface area contributed by atoms with Crippen LogP contribution in [0.2, 0.25) is 0 Å². The van der Waals surface area contributed by atoms with E-state index < -0.39 is 0 Å². The molecule has 0 fully saturated rings. The van der Waals surface area contributed by atoms with E-state index >= 15 is 0 Å². The van der Waals surface area contributed by atoms with E-state index in [-0.39, 0.29) is 12.2 Å². The van der Waals surface area contributed by atoms with Crippen LogP contribution in [-0.2, 0) is 0 Å². The molecule has 2 aromatic rings. The molecule has 0 spiro atoms. The number of aryl methyl sites for hydroxylation is 2. The van der Waals surface area contributed by atoms with Gasteiger partial charge in [-0.25, -0.2) is 0 Å². The van der Waals surface area contributed by atoms with Crippen LogP contribution < -0.4 is 9.47 Å². The Morgan fingerprint density at radius 1 is 0.783 bits per heavy atom. The summed E-state index contributed by atoms with van der Waals surface area (Å²) < 4.78 is 14.4. The van der Waals surface area contributed by atoms with E-state index in [0.717, 1.165) is 25.1 Å². The summed E-state index contributed by atoms with van der Waals surface area (Å²) in [5, 5.41) is 0. The van der Waals surface area contributed by atoms with Gasteiger partial charge in [0.2, 0.25) is 0 Å². The molecule has 0 saturated heterocycles. The van der Waals surface area contributed by atoms with Crippen LogP contribution in [0.25, 0.3) is 0 Å². The SMILES string of the molecule is Cc1ccc(O[C@H](C)C[C@H](C)Oc2ccc(C)cc2I)c(I)c1. The van der Waals surface area contributed by atoms with E-state index in [4.69, 9.17) is 9.47 Å². The van der Waals surface area contributed by atoms with Gasteiger partial charge >= 0.3 is 0 Å². The van der Waals surface area contributed by atoms with Crippen LogP contribution >= 0.6 is 45.2 Å². The maximum atomic E-state index is 6.07. The molecule has 0 amide bonds.